The van der Waals surface area contributed by atoms with E-state index in [1.807, 2.05) is 32.0 Å². The summed E-state index contributed by atoms with van der Waals surface area (Å²) in [4.78, 5) is 29.0. The van der Waals surface area contributed by atoms with Crippen LogP contribution in [0.1, 0.15) is 59.2 Å². The normalized spacial score (nSPS) is 15.3. The molecule has 0 saturated carbocycles. The maximum Gasteiger partial charge on any atom is 0.301 e. The molecule has 1 aromatic heterocycles. The molecular weight excluding hydrogens is 683 g/mol. The van der Waals surface area contributed by atoms with Gasteiger partial charge in [-0.1, -0.05) is 102 Å². The SMILES string of the molecule is CCCCOc1ccc(C2/C(=C(\O)c3ccc(OCc4cccc(C)c4)cc3)C(=O)C(=O)N2c2nnc(SCc3ccc(C)cc3)s2)cc1OC. The minimum Gasteiger partial charge on any atom is -0.507 e. The van der Waals surface area contributed by atoms with Crippen molar-refractivity contribution in [3.63, 3.8) is 0 Å². The number of hydrogen-bond donors (Lipinski definition) is 1. The second kappa shape index (κ2) is 16.3. The van der Waals surface area contributed by atoms with Gasteiger partial charge < -0.3 is 19.3 Å². The first-order chi connectivity index (χ1) is 24.7. The molecule has 5 aromatic rings. The first-order valence-electron chi connectivity index (χ1n) is 16.7. The number of benzene rings is 4. The Morgan fingerprint density at radius 2 is 1.67 bits per heavy atom. The molecule has 1 amide bonds. The Bertz CT molecular complexity index is 2040. The van der Waals surface area contributed by atoms with Gasteiger partial charge in [-0.3, -0.25) is 14.5 Å². The summed E-state index contributed by atoms with van der Waals surface area (Å²) in [6.45, 7) is 7.05. The van der Waals surface area contributed by atoms with Gasteiger partial charge in [0.15, 0.2) is 15.8 Å². The Morgan fingerprint density at radius 1 is 0.882 bits per heavy atom. The largest absolute Gasteiger partial charge is 0.507 e. The number of thioether (sulfide) groups is 1. The average molecular weight is 722 g/mol. The zero-order valence-corrected chi connectivity index (χ0v) is 30.6. The number of rotatable bonds is 14. The van der Waals surface area contributed by atoms with Crippen LogP contribution < -0.4 is 19.1 Å². The molecule has 0 radical (unpaired) electrons. The number of aliphatic hydroxyl groups is 1. The van der Waals surface area contributed by atoms with Crippen molar-refractivity contribution in [3.8, 4) is 17.2 Å². The molecule has 1 fully saturated rings. The molecule has 9 nitrogen and oxygen atoms in total. The third-order valence-corrected chi connectivity index (χ3v) is 10.5. The molecule has 1 atom stereocenters. The Balaban J connectivity index is 1.33. The molecule has 0 bridgehead atoms. The maximum atomic E-state index is 13.8. The van der Waals surface area contributed by atoms with Crippen LogP contribution in [-0.4, -0.2) is 40.7 Å². The van der Waals surface area contributed by atoms with Gasteiger partial charge in [0.25, 0.3) is 5.78 Å². The van der Waals surface area contributed by atoms with Crippen LogP contribution in [0, 0.1) is 13.8 Å². The minimum atomic E-state index is -1.01. The minimum absolute atomic E-state index is 0.0702. The number of methoxy groups -OCH3 is 1. The smallest absolute Gasteiger partial charge is 0.301 e. The van der Waals surface area contributed by atoms with Crippen LogP contribution in [0.15, 0.2) is 101 Å². The summed E-state index contributed by atoms with van der Waals surface area (Å²) in [7, 11) is 1.54. The fourth-order valence-corrected chi connectivity index (χ4v) is 7.49. The lowest BCUT2D eigenvalue weighted by Crippen LogP contribution is -2.29. The monoisotopic (exact) mass is 721 g/mol. The van der Waals surface area contributed by atoms with Crippen molar-refractivity contribution in [1.82, 2.24) is 10.2 Å². The Kier molecular flexibility index (Phi) is 11.4. The van der Waals surface area contributed by atoms with Crippen molar-refractivity contribution in [2.45, 2.75) is 56.4 Å². The van der Waals surface area contributed by atoms with Gasteiger partial charge in [-0.25, -0.2) is 0 Å². The molecule has 0 aliphatic carbocycles. The van der Waals surface area contributed by atoms with E-state index in [1.165, 1.54) is 40.7 Å². The van der Waals surface area contributed by atoms with Gasteiger partial charge in [-0.2, -0.15) is 0 Å². The molecule has 1 saturated heterocycles. The number of Topliss-reactive ketones (excluding diaryl/α,β-unsaturated/α-hetero) is 1. The van der Waals surface area contributed by atoms with E-state index >= 15 is 0 Å². The van der Waals surface area contributed by atoms with Crippen molar-refractivity contribution in [2.75, 3.05) is 18.6 Å². The van der Waals surface area contributed by atoms with Crippen molar-refractivity contribution in [1.29, 1.82) is 0 Å². The highest BCUT2D eigenvalue weighted by atomic mass is 32.2. The average Bonchev–Trinajstić information content (AvgIpc) is 3.72. The molecular formula is C40H39N3O6S2. The van der Waals surface area contributed by atoms with Gasteiger partial charge >= 0.3 is 5.91 Å². The second-order valence-corrected chi connectivity index (χ2v) is 14.4. The number of aryl methyl sites for hydroxylation is 2. The van der Waals surface area contributed by atoms with E-state index in [4.69, 9.17) is 14.2 Å². The van der Waals surface area contributed by atoms with Crippen molar-refractivity contribution < 1.29 is 28.9 Å². The van der Waals surface area contributed by atoms with Crippen LogP contribution in [0.5, 0.6) is 17.2 Å². The van der Waals surface area contributed by atoms with E-state index in [9.17, 15) is 14.7 Å². The Hall–Kier alpha value is -5.13. The highest BCUT2D eigenvalue weighted by Gasteiger charge is 2.48. The van der Waals surface area contributed by atoms with Crippen LogP contribution in [-0.2, 0) is 21.9 Å². The van der Waals surface area contributed by atoms with Crippen LogP contribution >= 0.6 is 23.1 Å². The molecule has 0 spiro atoms. The molecule has 262 valence electrons. The van der Waals surface area contributed by atoms with Crippen LogP contribution in [0.2, 0.25) is 0 Å². The number of aromatic nitrogens is 2. The van der Waals surface area contributed by atoms with Crippen molar-refractivity contribution in [2.24, 2.45) is 0 Å². The van der Waals surface area contributed by atoms with Crippen LogP contribution in [0.4, 0.5) is 5.13 Å². The molecule has 4 aromatic carbocycles. The van der Waals surface area contributed by atoms with Crippen molar-refractivity contribution >= 4 is 45.7 Å². The van der Waals surface area contributed by atoms with E-state index in [2.05, 4.69) is 47.5 Å². The number of aliphatic hydroxyl groups excluding tert-OH is 1. The first-order valence-corrected chi connectivity index (χ1v) is 18.5. The highest BCUT2D eigenvalue weighted by molar-refractivity contribution is 8.00. The summed E-state index contributed by atoms with van der Waals surface area (Å²) >= 11 is 2.71. The third kappa shape index (κ3) is 8.27. The van der Waals surface area contributed by atoms with Gasteiger partial charge in [0.1, 0.15) is 18.1 Å². The summed E-state index contributed by atoms with van der Waals surface area (Å²) in [5.74, 6) is 0.287. The van der Waals surface area contributed by atoms with Gasteiger partial charge in [0.05, 0.1) is 25.3 Å². The number of hydrogen-bond acceptors (Lipinski definition) is 10. The summed E-state index contributed by atoms with van der Waals surface area (Å²) < 4.78 is 18.2. The topological polar surface area (TPSA) is 111 Å². The number of carbonyl (C=O) groups is 2. The van der Waals surface area contributed by atoms with Crippen LogP contribution in [0.3, 0.4) is 0 Å². The van der Waals surface area contributed by atoms with E-state index in [-0.39, 0.29) is 16.5 Å². The number of nitrogens with zero attached hydrogens (tertiary/aromatic N) is 3. The van der Waals surface area contributed by atoms with Gasteiger partial charge in [0.2, 0.25) is 5.13 Å². The first kappa shape index (κ1) is 35.7. The van der Waals surface area contributed by atoms with E-state index in [1.54, 1.807) is 42.5 Å². The van der Waals surface area contributed by atoms with Gasteiger partial charge in [-0.05, 0) is 73.4 Å². The zero-order chi connectivity index (χ0) is 35.9. The Labute approximate surface area is 305 Å². The molecule has 51 heavy (non-hydrogen) atoms. The lowest BCUT2D eigenvalue weighted by molar-refractivity contribution is -0.132. The lowest BCUT2D eigenvalue weighted by Gasteiger charge is -2.23. The lowest BCUT2D eigenvalue weighted by atomic mass is 9.95. The Morgan fingerprint density at radius 3 is 2.39 bits per heavy atom. The van der Waals surface area contributed by atoms with E-state index in [0.29, 0.717) is 51.7 Å². The van der Waals surface area contributed by atoms with Crippen molar-refractivity contribution in [3.05, 3.63) is 130 Å². The summed E-state index contributed by atoms with van der Waals surface area (Å²) in [6.07, 6.45) is 1.85. The predicted molar refractivity (Wildman–Crippen MR) is 201 cm³/mol. The fraction of sp³-hybridized carbons (Fsp3) is 0.250. The zero-order valence-electron chi connectivity index (χ0n) is 28.9. The van der Waals surface area contributed by atoms with E-state index in [0.717, 1.165) is 29.5 Å². The molecule has 11 heteroatoms. The number of unbranched alkanes of at least 4 members (excludes halogenated alkanes) is 1. The standard InChI is InChI=1S/C40H39N3O6S2/c1-5-6-20-48-32-19-16-30(22-33(32)47-4)35-34(36(44)29-14-17-31(18-15-29)49-23-28-9-7-8-26(3)21-28)37(45)38(46)43(35)39-41-42-40(51-39)50-24-27-12-10-25(2)11-13-27/h7-19,21-22,35,44H,5-6,20,23-24H2,1-4H3/b36-34+. The molecule has 6 rings (SSSR count). The molecule has 1 unspecified atom stereocenters. The highest BCUT2D eigenvalue weighted by Crippen LogP contribution is 2.45. The number of ketones is 1. The van der Waals surface area contributed by atoms with E-state index < -0.39 is 17.7 Å². The number of ether oxygens (including phenoxy) is 3. The molecule has 1 aliphatic rings. The molecule has 1 N–H and O–H groups in total. The summed E-state index contributed by atoms with van der Waals surface area (Å²) in [5, 5.41) is 20.7. The molecule has 2 heterocycles. The van der Waals surface area contributed by atoms with Gasteiger partial charge in [0, 0.05) is 11.3 Å². The number of amides is 1. The van der Waals surface area contributed by atoms with Crippen LogP contribution in [0.25, 0.3) is 5.76 Å². The third-order valence-electron chi connectivity index (χ3n) is 8.40. The maximum absolute atomic E-state index is 13.8. The fourth-order valence-electron chi connectivity index (χ4n) is 5.67. The summed E-state index contributed by atoms with van der Waals surface area (Å²) in [6, 6.07) is 27.3. The number of anilines is 1. The quantitative estimate of drug-likeness (QED) is 0.0300. The second-order valence-electron chi connectivity index (χ2n) is 12.2. The summed E-state index contributed by atoms with van der Waals surface area (Å²) in [5.41, 5.74) is 5.31. The number of carbonyl (C=O) groups excluding carboxylic acids is 2. The predicted octanol–water partition coefficient (Wildman–Crippen LogP) is 8.84. The molecule has 1 aliphatic heterocycles. The van der Waals surface area contributed by atoms with Gasteiger partial charge in [-0.15, -0.1) is 10.2 Å².